The molecule has 0 saturated heterocycles. The van der Waals surface area contributed by atoms with Crippen molar-refractivity contribution in [2.75, 3.05) is 0 Å². The number of carbonyl (C=O) groups is 1. The van der Waals surface area contributed by atoms with E-state index < -0.39 is 0 Å². The van der Waals surface area contributed by atoms with E-state index in [0.717, 1.165) is 29.3 Å². The van der Waals surface area contributed by atoms with E-state index in [0.29, 0.717) is 13.0 Å². The first kappa shape index (κ1) is 13.2. The molecule has 0 radical (unpaired) electrons. The first-order valence-corrected chi connectivity index (χ1v) is 6.38. The van der Waals surface area contributed by atoms with Crippen LogP contribution in [0.25, 0.3) is 0 Å². The van der Waals surface area contributed by atoms with Crippen LogP contribution in [0.2, 0.25) is 0 Å². The van der Waals surface area contributed by atoms with E-state index in [1.165, 1.54) is 0 Å². The van der Waals surface area contributed by atoms with Gasteiger partial charge in [0.05, 0.1) is 0 Å². The van der Waals surface area contributed by atoms with Crippen molar-refractivity contribution in [3.05, 3.63) is 28.5 Å². The molecule has 1 rings (SSSR count). The molecular formula is C12H17BrN2O. The topological polar surface area (TPSA) is 42.0 Å². The Kier molecular flexibility index (Phi) is 6.08. The number of hydrogen-bond donors (Lipinski definition) is 1. The summed E-state index contributed by atoms with van der Waals surface area (Å²) in [6.07, 6.45) is 7.31. The molecule has 4 heteroatoms. The molecule has 0 unspecified atom stereocenters. The highest BCUT2D eigenvalue weighted by atomic mass is 79.9. The quantitative estimate of drug-likeness (QED) is 0.816. The van der Waals surface area contributed by atoms with Gasteiger partial charge in [-0.05, 0) is 34.0 Å². The molecule has 0 atom stereocenters. The normalized spacial score (nSPS) is 10.1. The highest BCUT2D eigenvalue weighted by Crippen LogP contribution is 2.13. The first-order valence-electron chi connectivity index (χ1n) is 5.59. The Morgan fingerprint density at radius 1 is 1.50 bits per heavy atom. The molecule has 0 aromatic carbocycles. The van der Waals surface area contributed by atoms with Gasteiger partial charge in [-0.3, -0.25) is 9.78 Å². The molecule has 1 aromatic heterocycles. The lowest BCUT2D eigenvalue weighted by Crippen LogP contribution is -2.22. The molecule has 1 N–H and O–H groups in total. The highest BCUT2D eigenvalue weighted by molar-refractivity contribution is 9.10. The van der Waals surface area contributed by atoms with Crippen molar-refractivity contribution in [2.45, 2.75) is 39.2 Å². The summed E-state index contributed by atoms with van der Waals surface area (Å²) >= 11 is 3.40. The lowest BCUT2D eigenvalue weighted by molar-refractivity contribution is -0.121. The Morgan fingerprint density at radius 2 is 2.31 bits per heavy atom. The summed E-state index contributed by atoms with van der Waals surface area (Å²) in [5, 5.41) is 2.90. The molecule has 0 spiro atoms. The third kappa shape index (κ3) is 4.75. The summed E-state index contributed by atoms with van der Waals surface area (Å²) in [4.78, 5) is 15.4. The number of hydrogen-bond acceptors (Lipinski definition) is 2. The van der Waals surface area contributed by atoms with Crippen molar-refractivity contribution in [1.82, 2.24) is 10.3 Å². The third-order valence-corrected chi connectivity index (χ3v) is 3.05. The Hall–Kier alpha value is -0.900. The highest BCUT2D eigenvalue weighted by Gasteiger charge is 2.03. The summed E-state index contributed by atoms with van der Waals surface area (Å²) in [5.41, 5.74) is 1.05. The van der Waals surface area contributed by atoms with Crippen LogP contribution in [0.5, 0.6) is 0 Å². The van der Waals surface area contributed by atoms with Crippen LogP contribution in [-0.4, -0.2) is 10.9 Å². The largest absolute Gasteiger partial charge is 0.352 e. The smallest absolute Gasteiger partial charge is 0.220 e. The number of rotatable bonds is 6. The van der Waals surface area contributed by atoms with Crippen LogP contribution in [0.15, 0.2) is 22.9 Å². The maximum absolute atomic E-state index is 11.5. The van der Waals surface area contributed by atoms with E-state index in [9.17, 15) is 4.79 Å². The molecule has 16 heavy (non-hydrogen) atoms. The Morgan fingerprint density at radius 3 is 3.00 bits per heavy atom. The number of amides is 1. The van der Waals surface area contributed by atoms with Crippen LogP contribution in [0, 0.1) is 0 Å². The summed E-state index contributed by atoms with van der Waals surface area (Å²) < 4.78 is 0.934. The zero-order valence-corrected chi connectivity index (χ0v) is 11.1. The zero-order chi connectivity index (χ0) is 11.8. The average Bonchev–Trinajstić information content (AvgIpc) is 2.28. The van der Waals surface area contributed by atoms with E-state index in [1.807, 2.05) is 6.07 Å². The van der Waals surface area contributed by atoms with Crippen molar-refractivity contribution in [1.29, 1.82) is 0 Å². The van der Waals surface area contributed by atoms with Gasteiger partial charge >= 0.3 is 0 Å². The van der Waals surface area contributed by atoms with Crippen molar-refractivity contribution in [3.8, 4) is 0 Å². The summed E-state index contributed by atoms with van der Waals surface area (Å²) in [6, 6.07) is 1.90. The van der Waals surface area contributed by atoms with Gasteiger partial charge in [-0.2, -0.15) is 0 Å². The molecule has 3 nitrogen and oxygen atoms in total. The van der Waals surface area contributed by atoms with Crippen molar-refractivity contribution >= 4 is 21.8 Å². The lowest BCUT2D eigenvalue weighted by Gasteiger charge is -2.06. The Balaban J connectivity index is 2.29. The van der Waals surface area contributed by atoms with Crippen LogP contribution >= 0.6 is 15.9 Å². The van der Waals surface area contributed by atoms with E-state index in [-0.39, 0.29) is 5.91 Å². The summed E-state index contributed by atoms with van der Waals surface area (Å²) in [5.74, 6) is 0.122. The summed E-state index contributed by atoms with van der Waals surface area (Å²) in [7, 11) is 0. The molecule has 0 saturated carbocycles. The van der Waals surface area contributed by atoms with Gasteiger partial charge in [0, 0.05) is 29.8 Å². The average molecular weight is 285 g/mol. The minimum Gasteiger partial charge on any atom is -0.352 e. The molecule has 0 bridgehead atoms. The Labute approximate surface area is 105 Å². The summed E-state index contributed by atoms with van der Waals surface area (Å²) in [6.45, 7) is 2.69. The van der Waals surface area contributed by atoms with Crippen molar-refractivity contribution in [2.24, 2.45) is 0 Å². The second-order valence-corrected chi connectivity index (χ2v) is 4.56. The molecule has 1 amide bonds. The molecular weight excluding hydrogens is 268 g/mol. The van der Waals surface area contributed by atoms with Gasteiger partial charge in [-0.1, -0.05) is 19.8 Å². The second-order valence-electron chi connectivity index (χ2n) is 3.70. The van der Waals surface area contributed by atoms with Crippen molar-refractivity contribution in [3.63, 3.8) is 0 Å². The van der Waals surface area contributed by atoms with E-state index in [1.54, 1.807) is 12.4 Å². The van der Waals surface area contributed by atoms with Gasteiger partial charge in [-0.15, -0.1) is 0 Å². The number of halogens is 1. The fraction of sp³-hybridized carbons (Fsp3) is 0.500. The number of carbonyl (C=O) groups excluding carboxylic acids is 1. The van der Waals surface area contributed by atoms with Crippen LogP contribution in [0.1, 0.15) is 38.2 Å². The molecule has 1 aromatic rings. The molecule has 0 aliphatic carbocycles. The monoisotopic (exact) mass is 284 g/mol. The minimum atomic E-state index is 0.122. The van der Waals surface area contributed by atoms with Crippen molar-refractivity contribution < 1.29 is 4.79 Å². The number of pyridine rings is 1. The van der Waals surface area contributed by atoms with Crippen LogP contribution in [0.3, 0.4) is 0 Å². The van der Waals surface area contributed by atoms with E-state index in [4.69, 9.17) is 0 Å². The zero-order valence-electron chi connectivity index (χ0n) is 9.50. The molecule has 0 aliphatic heterocycles. The standard InChI is InChI=1S/C12H17BrN2O/c1-2-3-4-5-12(16)15-8-10-6-7-14-9-11(10)13/h6-7,9H,2-5,8H2,1H3,(H,15,16). The van der Waals surface area contributed by atoms with Gasteiger partial charge in [0.25, 0.3) is 0 Å². The predicted octanol–water partition coefficient (Wildman–Crippen LogP) is 3.04. The number of aromatic nitrogens is 1. The fourth-order valence-electron chi connectivity index (χ4n) is 1.37. The van der Waals surface area contributed by atoms with E-state index >= 15 is 0 Å². The maximum Gasteiger partial charge on any atom is 0.220 e. The molecule has 1 heterocycles. The van der Waals surface area contributed by atoms with Gasteiger partial charge in [0.2, 0.25) is 5.91 Å². The SMILES string of the molecule is CCCCCC(=O)NCc1ccncc1Br. The van der Waals surface area contributed by atoms with Gasteiger partial charge in [0.15, 0.2) is 0 Å². The first-order chi connectivity index (χ1) is 7.74. The predicted molar refractivity (Wildman–Crippen MR) is 67.9 cm³/mol. The van der Waals surface area contributed by atoms with Gasteiger partial charge in [0.1, 0.15) is 0 Å². The second kappa shape index (κ2) is 7.39. The number of nitrogens with one attached hydrogen (secondary N) is 1. The Bertz CT molecular complexity index is 342. The maximum atomic E-state index is 11.5. The fourth-order valence-corrected chi connectivity index (χ4v) is 1.76. The third-order valence-electron chi connectivity index (χ3n) is 2.34. The van der Waals surface area contributed by atoms with Gasteiger partial charge in [-0.25, -0.2) is 0 Å². The van der Waals surface area contributed by atoms with Crippen LogP contribution in [-0.2, 0) is 11.3 Å². The molecule has 0 fully saturated rings. The number of unbranched alkanes of at least 4 members (excludes halogenated alkanes) is 2. The lowest BCUT2D eigenvalue weighted by atomic mass is 10.2. The number of nitrogens with zero attached hydrogens (tertiary/aromatic N) is 1. The van der Waals surface area contributed by atoms with E-state index in [2.05, 4.69) is 33.2 Å². The minimum absolute atomic E-state index is 0.122. The van der Waals surface area contributed by atoms with Crippen LogP contribution in [0.4, 0.5) is 0 Å². The molecule has 0 aliphatic rings. The molecule has 88 valence electrons. The van der Waals surface area contributed by atoms with Crippen LogP contribution < -0.4 is 5.32 Å². The van der Waals surface area contributed by atoms with Gasteiger partial charge < -0.3 is 5.32 Å².